The largest absolute Gasteiger partial charge is 0.467 e. The Morgan fingerprint density at radius 3 is 2.73 bits per heavy atom. The van der Waals surface area contributed by atoms with Gasteiger partial charge in [0.15, 0.2) is 0 Å². The highest BCUT2D eigenvalue weighted by atomic mass is 19.1. The predicted molar refractivity (Wildman–Crippen MR) is 80.6 cm³/mol. The number of hydrogen-bond acceptors (Lipinski definition) is 3. The van der Waals surface area contributed by atoms with Gasteiger partial charge in [-0.2, -0.15) is 0 Å². The monoisotopic (exact) mass is 307 g/mol. The minimum Gasteiger partial charge on any atom is -0.467 e. The number of carbonyl (C=O) groups is 2. The molecule has 22 heavy (non-hydrogen) atoms. The summed E-state index contributed by atoms with van der Waals surface area (Å²) in [5.41, 5.74) is 0.650. The first-order valence-electron chi connectivity index (χ1n) is 7.70. The van der Waals surface area contributed by atoms with E-state index in [1.165, 1.54) is 32.1 Å². The summed E-state index contributed by atoms with van der Waals surface area (Å²) in [5.74, 6) is -0.603. The third kappa shape index (κ3) is 4.83. The highest BCUT2D eigenvalue weighted by molar-refractivity contribution is 5.84. The van der Waals surface area contributed by atoms with E-state index in [4.69, 9.17) is 4.74 Å². The fourth-order valence-corrected chi connectivity index (χ4v) is 2.97. The van der Waals surface area contributed by atoms with Crippen molar-refractivity contribution < 1.29 is 18.7 Å². The van der Waals surface area contributed by atoms with Crippen molar-refractivity contribution in [2.24, 2.45) is 5.92 Å². The van der Waals surface area contributed by atoms with Crippen LogP contribution in [0.5, 0.6) is 0 Å². The van der Waals surface area contributed by atoms with Crippen molar-refractivity contribution in [2.75, 3.05) is 7.11 Å². The lowest BCUT2D eigenvalue weighted by molar-refractivity contribution is -0.145. The second kappa shape index (κ2) is 7.92. The second-order valence-electron chi connectivity index (χ2n) is 5.83. The highest BCUT2D eigenvalue weighted by Crippen LogP contribution is 2.27. The SMILES string of the molecule is COC(=O)[C@@H](Cc1cccc(F)c1)NC(=O)CC1CCCC1. The molecule has 0 aromatic heterocycles. The lowest BCUT2D eigenvalue weighted by Crippen LogP contribution is -2.43. The number of amides is 1. The van der Waals surface area contributed by atoms with E-state index in [2.05, 4.69) is 5.32 Å². The van der Waals surface area contributed by atoms with Crippen LogP contribution in [-0.4, -0.2) is 25.0 Å². The zero-order valence-corrected chi connectivity index (χ0v) is 12.8. The van der Waals surface area contributed by atoms with E-state index >= 15 is 0 Å². The molecule has 120 valence electrons. The maximum absolute atomic E-state index is 13.2. The molecule has 1 N–H and O–H groups in total. The second-order valence-corrected chi connectivity index (χ2v) is 5.83. The van der Waals surface area contributed by atoms with Gasteiger partial charge >= 0.3 is 5.97 Å². The third-order valence-corrected chi connectivity index (χ3v) is 4.10. The summed E-state index contributed by atoms with van der Waals surface area (Å²) in [6, 6.07) is 5.23. The molecular formula is C17H22FNO3. The van der Waals surface area contributed by atoms with Gasteiger partial charge < -0.3 is 10.1 Å². The van der Waals surface area contributed by atoms with Gasteiger partial charge in [0.25, 0.3) is 0 Å². The third-order valence-electron chi connectivity index (χ3n) is 4.10. The van der Waals surface area contributed by atoms with Crippen LogP contribution >= 0.6 is 0 Å². The van der Waals surface area contributed by atoms with E-state index in [1.807, 2.05) is 0 Å². The summed E-state index contributed by atoms with van der Waals surface area (Å²) in [7, 11) is 1.28. The van der Waals surface area contributed by atoms with Crippen LogP contribution in [0.4, 0.5) is 4.39 Å². The van der Waals surface area contributed by atoms with E-state index < -0.39 is 12.0 Å². The molecule has 0 bridgehead atoms. The molecule has 1 fully saturated rings. The summed E-state index contributed by atoms with van der Waals surface area (Å²) in [5, 5.41) is 2.73. The summed E-state index contributed by atoms with van der Waals surface area (Å²) in [6.07, 6.45) is 5.14. The molecule has 1 aromatic rings. The van der Waals surface area contributed by atoms with Crippen LogP contribution < -0.4 is 5.32 Å². The van der Waals surface area contributed by atoms with Gasteiger partial charge in [0.2, 0.25) is 5.91 Å². The van der Waals surface area contributed by atoms with E-state index in [1.54, 1.807) is 12.1 Å². The number of halogens is 1. The lowest BCUT2D eigenvalue weighted by atomic mass is 10.0. The predicted octanol–water partition coefficient (Wildman–Crippen LogP) is 2.61. The maximum Gasteiger partial charge on any atom is 0.328 e. The summed E-state index contributed by atoms with van der Waals surface area (Å²) in [6.45, 7) is 0. The zero-order valence-electron chi connectivity index (χ0n) is 12.8. The Morgan fingerprint density at radius 2 is 2.09 bits per heavy atom. The quantitative estimate of drug-likeness (QED) is 0.822. The first kappa shape index (κ1) is 16.5. The Labute approximate surface area is 130 Å². The molecule has 0 heterocycles. The zero-order chi connectivity index (χ0) is 15.9. The Balaban J connectivity index is 1.96. The Kier molecular flexibility index (Phi) is 5.92. The number of methoxy groups -OCH3 is 1. The van der Waals surface area contributed by atoms with Crippen molar-refractivity contribution in [3.8, 4) is 0 Å². The smallest absolute Gasteiger partial charge is 0.328 e. The molecule has 0 unspecified atom stereocenters. The van der Waals surface area contributed by atoms with Gasteiger partial charge in [-0.1, -0.05) is 25.0 Å². The molecule has 0 radical (unpaired) electrons. The molecule has 1 amide bonds. The van der Waals surface area contributed by atoms with Crippen molar-refractivity contribution in [2.45, 2.75) is 44.6 Å². The van der Waals surface area contributed by atoms with Crippen LogP contribution in [-0.2, 0) is 20.7 Å². The Hall–Kier alpha value is -1.91. The summed E-state index contributed by atoms with van der Waals surface area (Å²) in [4.78, 5) is 23.9. The van der Waals surface area contributed by atoms with Crippen molar-refractivity contribution in [3.05, 3.63) is 35.6 Å². The molecule has 0 aliphatic heterocycles. The van der Waals surface area contributed by atoms with Gasteiger partial charge in [0.1, 0.15) is 11.9 Å². The topological polar surface area (TPSA) is 55.4 Å². The Morgan fingerprint density at radius 1 is 1.36 bits per heavy atom. The highest BCUT2D eigenvalue weighted by Gasteiger charge is 2.24. The standard InChI is InChI=1S/C17H22FNO3/c1-22-17(21)15(10-13-7-4-8-14(18)9-13)19-16(20)11-12-5-2-3-6-12/h4,7-9,12,15H,2-3,5-6,10-11H2,1H3,(H,19,20)/t15-/m1/s1. The summed E-state index contributed by atoms with van der Waals surface area (Å²) < 4.78 is 18.0. The first-order chi connectivity index (χ1) is 10.6. The molecular weight excluding hydrogens is 285 g/mol. The molecule has 5 heteroatoms. The van der Waals surface area contributed by atoms with E-state index in [0.29, 0.717) is 17.9 Å². The molecule has 1 atom stereocenters. The number of nitrogens with one attached hydrogen (secondary N) is 1. The normalized spacial score (nSPS) is 16.3. The molecule has 0 saturated heterocycles. The molecule has 1 aliphatic carbocycles. The molecule has 1 saturated carbocycles. The summed E-state index contributed by atoms with van der Waals surface area (Å²) >= 11 is 0. The van der Waals surface area contributed by atoms with Crippen LogP contribution in [0.3, 0.4) is 0 Å². The van der Waals surface area contributed by atoms with Gasteiger partial charge in [-0.3, -0.25) is 4.79 Å². The van der Waals surface area contributed by atoms with Crippen molar-refractivity contribution in [3.63, 3.8) is 0 Å². The maximum atomic E-state index is 13.2. The van der Waals surface area contributed by atoms with Crippen LogP contribution in [0.25, 0.3) is 0 Å². The average molecular weight is 307 g/mol. The minimum atomic E-state index is -0.777. The van der Waals surface area contributed by atoms with Gasteiger partial charge in [0.05, 0.1) is 7.11 Å². The number of carbonyl (C=O) groups excluding carboxylic acids is 2. The van der Waals surface area contributed by atoms with Gasteiger partial charge in [0, 0.05) is 12.8 Å². The molecule has 1 aliphatic rings. The van der Waals surface area contributed by atoms with Crippen molar-refractivity contribution in [1.82, 2.24) is 5.32 Å². The lowest BCUT2D eigenvalue weighted by Gasteiger charge is -2.18. The molecule has 1 aromatic carbocycles. The molecule has 4 nitrogen and oxygen atoms in total. The van der Waals surface area contributed by atoms with Crippen molar-refractivity contribution >= 4 is 11.9 Å². The molecule has 0 spiro atoms. The van der Waals surface area contributed by atoms with Gasteiger partial charge in [-0.25, -0.2) is 9.18 Å². The number of ether oxygens (including phenoxy) is 1. The van der Waals surface area contributed by atoms with Crippen molar-refractivity contribution in [1.29, 1.82) is 0 Å². The Bertz CT molecular complexity index is 526. The van der Waals surface area contributed by atoms with Crippen LogP contribution in [0.2, 0.25) is 0 Å². The number of esters is 1. The number of benzene rings is 1. The van der Waals surface area contributed by atoms with Crippen LogP contribution in [0.15, 0.2) is 24.3 Å². The molecule has 2 rings (SSSR count). The van der Waals surface area contributed by atoms with E-state index in [9.17, 15) is 14.0 Å². The number of hydrogen-bond donors (Lipinski definition) is 1. The number of rotatable bonds is 6. The van der Waals surface area contributed by atoms with Crippen LogP contribution in [0, 0.1) is 11.7 Å². The fraction of sp³-hybridized carbons (Fsp3) is 0.529. The average Bonchev–Trinajstić information content (AvgIpc) is 2.98. The first-order valence-corrected chi connectivity index (χ1v) is 7.70. The minimum absolute atomic E-state index is 0.140. The fourth-order valence-electron chi connectivity index (χ4n) is 2.97. The van der Waals surface area contributed by atoms with E-state index in [0.717, 1.165) is 12.8 Å². The van der Waals surface area contributed by atoms with Crippen LogP contribution in [0.1, 0.15) is 37.7 Å². The van der Waals surface area contributed by atoms with Gasteiger partial charge in [-0.05, 0) is 36.5 Å². The van der Waals surface area contributed by atoms with Gasteiger partial charge in [-0.15, -0.1) is 0 Å². The van der Waals surface area contributed by atoms with E-state index in [-0.39, 0.29) is 18.1 Å².